The lowest BCUT2D eigenvalue weighted by atomic mass is 9.72. The maximum atomic E-state index is 11.9. The van der Waals surface area contributed by atoms with E-state index < -0.39 is 16.6 Å². The molecule has 2 atom stereocenters. The van der Waals surface area contributed by atoms with Crippen molar-refractivity contribution in [1.82, 2.24) is 0 Å². The number of ether oxygens (including phenoxy) is 2. The summed E-state index contributed by atoms with van der Waals surface area (Å²) in [6.45, 7) is 10.3. The summed E-state index contributed by atoms with van der Waals surface area (Å²) in [5, 5.41) is 7.88. The molecule has 22 heavy (non-hydrogen) atoms. The summed E-state index contributed by atoms with van der Waals surface area (Å²) in [6, 6.07) is 0. The van der Waals surface area contributed by atoms with Crippen LogP contribution in [-0.4, -0.2) is 37.8 Å². The number of rotatable bonds is 9. The van der Waals surface area contributed by atoms with Crippen molar-refractivity contribution < 1.29 is 14.3 Å². The molecule has 5 heteroatoms. The zero-order valence-corrected chi connectivity index (χ0v) is 14.7. The quantitative estimate of drug-likeness (QED) is 0.523. The molecule has 0 spiro atoms. The zero-order chi connectivity index (χ0) is 17.0. The molecule has 0 aromatic rings. The van der Waals surface area contributed by atoms with Gasteiger partial charge in [0.1, 0.15) is 0 Å². The van der Waals surface area contributed by atoms with E-state index in [1.165, 1.54) is 13.3 Å². The number of nitrogens with zero attached hydrogens (tertiary/aromatic N) is 1. The molecule has 0 aliphatic heterocycles. The highest BCUT2D eigenvalue weighted by Gasteiger charge is 2.54. The van der Waals surface area contributed by atoms with Crippen LogP contribution in [0.25, 0.3) is 0 Å². The average Bonchev–Trinajstić information content (AvgIpc) is 3.30. The Morgan fingerprint density at radius 1 is 1.41 bits per heavy atom. The summed E-state index contributed by atoms with van der Waals surface area (Å²) >= 11 is 0. The lowest BCUT2D eigenvalue weighted by molar-refractivity contribution is -0.158. The van der Waals surface area contributed by atoms with Gasteiger partial charge in [0.05, 0.1) is 24.5 Å². The summed E-state index contributed by atoms with van der Waals surface area (Å²) in [6.07, 6.45) is 5.62. The molecule has 0 radical (unpaired) electrons. The Morgan fingerprint density at radius 2 is 2.00 bits per heavy atom. The molecule has 0 heterocycles. The third-order valence-corrected chi connectivity index (χ3v) is 5.12. The Morgan fingerprint density at radius 3 is 2.36 bits per heavy atom. The SMILES string of the molecule is CCC=NC(C)(OCC1(C(=O)OC)CC1)C(C)(C=N)C(C)C. The third kappa shape index (κ3) is 3.40. The largest absolute Gasteiger partial charge is 0.469 e. The number of hydrogen-bond donors (Lipinski definition) is 1. The van der Waals surface area contributed by atoms with E-state index in [1.54, 1.807) is 0 Å². The molecule has 0 bridgehead atoms. The summed E-state index contributed by atoms with van der Waals surface area (Å²) in [4.78, 5) is 16.5. The summed E-state index contributed by atoms with van der Waals surface area (Å²) < 4.78 is 11.0. The molecule has 1 rings (SSSR count). The van der Waals surface area contributed by atoms with Gasteiger partial charge >= 0.3 is 5.97 Å². The van der Waals surface area contributed by atoms with Crippen LogP contribution >= 0.6 is 0 Å². The second-order valence-corrected chi connectivity index (χ2v) is 6.85. The second kappa shape index (κ2) is 6.90. The first kappa shape index (κ1) is 18.8. The number of nitrogens with one attached hydrogen (secondary N) is 1. The van der Waals surface area contributed by atoms with Gasteiger partial charge in [-0.15, -0.1) is 0 Å². The molecule has 5 nitrogen and oxygen atoms in total. The van der Waals surface area contributed by atoms with Gasteiger partial charge in [0.2, 0.25) is 0 Å². The fourth-order valence-corrected chi connectivity index (χ4v) is 2.49. The van der Waals surface area contributed by atoms with E-state index in [1.807, 2.05) is 27.0 Å². The highest BCUT2D eigenvalue weighted by molar-refractivity contribution is 5.79. The molecule has 0 saturated heterocycles. The Kier molecular flexibility index (Phi) is 5.90. The Bertz CT molecular complexity index is 443. The van der Waals surface area contributed by atoms with E-state index in [-0.39, 0.29) is 18.5 Å². The fraction of sp³-hybridized carbons (Fsp3) is 0.824. The van der Waals surface area contributed by atoms with Crippen LogP contribution in [0.2, 0.25) is 0 Å². The first-order valence-electron chi connectivity index (χ1n) is 7.99. The van der Waals surface area contributed by atoms with E-state index in [4.69, 9.17) is 14.9 Å². The number of carbonyl (C=O) groups is 1. The molecule has 0 aromatic heterocycles. The van der Waals surface area contributed by atoms with Crippen LogP contribution in [0, 0.1) is 22.2 Å². The smallest absolute Gasteiger partial charge is 0.314 e. The van der Waals surface area contributed by atoms with E-state index >= 15 is 0 Å². The third-order valence-electron chi connectivity index (χ3n) is 5.12. The van der Waals surface area contributed by atoms with Gasteiger partial charge in [0.15, 0.2) is 5.72 Å². The standard InChI is InChI=1S/C17H30N2O3/c1-7-10-19-16(5,15(4,11-18)13(2)3)22-12-17(8-9-17)14(20)21-6/h10-11,13,18H,7-9,12H2,1-6H3. The van der Waals surface area contributed by atoms with Crippen molar-refractivity contribution in [2.45, 2.75) is 59.6 Å². The van der Waals surface area contributed by atoms with Crippen molar-refractivity contribution in [3.05, 3.63) is 0 Å². The van der Waals surface area contributed by atoms with Gasteiger partial charge in [-0.25, -0.2) is 0 Å². The van der Waals surface area contributed by atoms with Gasteiger partial charge in [0.25, 0.3) is 0 Å². The van der Waals surface area contributed by atoms with Crippen LogP contribution in [-0.2, 0) is 14.3 Å². The highest BCUT2D eigenvalue weighted by Crippen LogP contribution is 2.49. The molecular formula is C17H30N2O3. The van der Waals surface area contributed by atoms with Crippen LogP contribution in [0.1, 0.15) is 53.9 Å². The van der Waals surface area contributed by atoms with Crippen molar-refractivity contribution in [2.75, 3.05) is 13.7 Å². The Hall–Kier alpha value is -1.23. The van der Waals surface area contributed by atoms with Gasteiger partial charge < -0.3 is 14.9 Å². The minimum absolute atomic E-state index is 0.178. The lowest BCUT2D eigenvalue weighted by Crippen LogP contribution is -2.50. The van der Waals surface area contributed by atoms with Crippen molar-refractivity contribution in [3.63, 3.8) is 0 Å². The number of aliphatic imine (C=N–C) groups is 1. The van der Waals surface area contributed by atoms with Crippen LogP contribution in [0.4, 0.5) is 0 Å². The first-order chi connectivity index (χ1) is 10.2. The van der Waals surface area contributed by atoms with E-state index in [2.05, 4.69) is 18.8 Å². The van der Waals surface area contributed by atoms with Gasteiger partial charge in [0, 0.05) is 12.4 Å². The average molecular weight is 310 g/mol. The van der Waals surface area contributed by atoms with Crippen LogP contribution in [0.15, 0.2) is 4.99 Å². The molecule has 0 amide bonds. The van der Waals surface area contributed by atoms with E-state index in [9.17, 15) is 4.79 Å². The Balaban J connectivity index is 3.01. The molecule has 1 aliphatic rings. The normalized spacial score (nSPS) is 22.1. The highest BCUT2D eigenvalue weighted by atomic mass is 16.5. The van der Waals surface area contributed by atoms with Crippen molar-refractivity contribution in [1.29, 1.82) is 5.41 Å². The topological polar surface area (TPSA) is 71.7 Å². The number of methoxy groups -OCH3 is 1. The molecule has 1 N–H and O–H groups in total. The second-order valence-electron chi connectivity index (χ2n) is 6.85. The van der Waals surface area contributed by atoms with E-state index in [0.717, 1.165) is 19.3 Å². The molecule has 2 unspecified atom stereocenters. The maximum absolute atomic E-state index is 11.9. The van der Waals surface area contributed by atoms with Crippen LogP contribution in [0.5, 0.6) is 0 Å². The molecular weight excluding hydrogens is 280 g/mol. The van der Waals surface area contributed by atoms with Crippen molar-refractivity contribution in [2.24, 2.45) is 21.7 Å². The number of esters is 1. The maximum Gasteiger partial charge on any atom is 0.314 e. The summed E-state index contributed by atoms with van der Waals surface area (Å²) in [5.74, 6) is -0.0345. The van der Waals surface area contributed by atoms with Gasteiger partial charge in [-0.3, -0.25) is 9.79 Å². The molecule has 1 saturated carbocycles. The van der Waals surface area contributed by atoms with Crippen molar-refractivity contribution >= 4 is 18.4 Å². The van der Waals surface area contributed by atoms with Crippen molar-refractivity contribution in [3.8, 4) is 0 Å². The van der Waals surface area contributed by atoms with Gasteiger partial charge in [-0.2, -0.15) is 0 Å². The summed E-state index contributed by atoms with van der Waals surface area (Å²) in [7, 11) is 1.41. The van der Waals surface area contributed by atoms with Gasteiger partial charge in [-0.1, -0.05) is 20.8 Å². The number of hydrogen-bond acceptors (Lipinski definition) is 5. The lowest BCUT2D eigenvalue weighted by Gasteiger charge is -2.44. The van der Waals surface area contributed by atoms with Crippen LogP contribution < -0.4 is 0 Å². The Labute approximate surface area is 134 Å². The number of carbonyl (C=O) groups excluding carboxylic acids is 1. The molecule has 1 aliphatic carbocycles. The molecule has 126 valence electrons. The molecule has 1 fully saturated rings. The van der Waals surface area contributed by atoms with Crippen LogP contribution in [0.3, 0.4) is 0 Å². The fourth-order valence-electron chi connectivity index (χ4n) is 2.49. The zero-order valence-electron chi connectivity index (χ0n) is 14.7. The van der Waals surface area contributed by atoms with Gasteiger partial charge in [-0.05, 0) is 39.0 Å². The monoisotopic (exact) mass is 310 g/mol. The minimum Gasteiger partial charge on any atom is -0.469 e. The predicted molar refractivity (Wildman–Crippen MR) is 88.6 cm³/mol. The summed E-state index contributed by atoms with van der Waals surface area (Å²) in [5.41, 5.74) is -1.94. The molecule has 0 aromatic carbocycles. The van der Waals surface area contributed by atoms with E-state index in [0.29, 0.717) is 0 Å². The first-order valence-corrected chi connectivity index (χ1v) is 7.99. The minimum atomic E-state index is -0.872. The predicted octanol–water partition coefficient (Wildman–Crippen LogP) is 3.47.